The molecule has 2 N–H and O–H groups in total. The van der Waals surface area contributed by atoms with Crippen LogP contribution < -0.4 is 10.6 Å². The second-order valence-corrected chi connectivity index (χ2v) is 6.66. The summed E-state index contributed by atoms with van der Waals surface area (Å²) in [6, 6.07) is 5.09. The molecule has 1 saturated carbocycles. The third-order valence-corrected chi connectivity index (χ3v) is 5.31. The van der Waals surface area contributed by atoms with Crippen LogP contribution in [-0.2, 0) is 0 Å². The van der Waals surface area contributed by atoms with Crippen molar-refractivity contribution in [1.82, 2.24) is 0 Å². The SMILES string of the molecule is C[C@H](N)c1c(F)cccc1N1CCC2(CCCC2)CC1. The zero-order chi connectivity index (χ0) is 14.2. The predicted octanol–water partition coefficient (Wildman–Crippen LogP) is 4.01. The largest absolute Gasteiger partial charge is 0.371 e. The molecule has 1 aromatic carbocycles. The molecule has 110 valence electrons. The Morgan fingerprint density at radius 2 is 1.80 bits per heavy atom. The summed E-state index contributed by atoms with van der Waals surface area (Å²) in [6.07, 6.45) is 8.08. The molecule has 2 nitrogen and oxygen atoms in total. The number of piperidine rings is 1. The average molecular weight is 276 g/mol. The third kappa shape index (κ3) is 2.44. The number of rotatable bonds is 2. The Balaban J connectivity index is 1.80. The number of benzene rings is 1. The van der Waals surface area contributed by atoms with E-state index >= 15 is 0 Å². The van der Waals surface area contributed by atoms with Crippen LogP contribution in [0.1, 0.15) is 57.1 Å². The van der Waals surface area contributed by atoms with Crippen molar-refractivity contribution in [1.29, 1.82) is 0 Å². The summed E-state index contributed by atoms with van der Waals surface area (Å²) in [5.41, 5.74) is 8.25. The molecular weight excluding hydrogens is 251 g/mol. The molecule has 3 heteroatoms. The summed E-state index contributed by atoms with van der Waals surface area (Å²) < 4.78 is 14.0. The normalized spacial score (nSPS) is 23.2. The minimum atomic E-state index is -0.256. The molecule has 2 fully saturated rings. The Hall–Kier alpha value is -1.09. The monoisotopic (exact) mass is 276 g/mol. The van der Waals surface area contributed by atoms with Crippen LogP contribution in [0.15, 0.2) is 18.2 Å². The maximum absolute atomic E-state index is 14.0. The van der Waals surface area contributed by atoms with Crippen LogP contribution in [0.4, 0.5) is 10.1 Å². The van der Waals surface area contributed by atoms with E-state index in [0.717, 1.165) is 18.8 Å². The number of halogens is 1. The Bertz CT molecular complexity index is 468. The van der Waals surface area contributed by atoms with Gasteiger partial charge in [0.15, 0.2) is 0 Å². The van der Waals surface area contributed by atoms with Gasteiger partial charge < -0.3 is 10.6 Å². The standard InChI is InChI=1S/C17H25FN2/c1-13(19)16-14(18)5-4-6-15(16)20-11-9-17(10-12-20)7-2-3-8-17/h4-6,13H,2-3,7-12,19H2,1H3/t13-/m0/s1. The minimum Gasteiger partial charge on any atom is -0.371 e. The van der Waals surface area contributed by atoms with E-state index in [1.165, 1.54) is 44.6 Å². The van der Waals surface area contributed by atoms with Crippen molar-refractivity contribution in [2.24, 2.45) is 11.1 Å². The zero-order valence-corrected chi connectivity index (χ0v) is 12.4. The van der Waals surface area contributed by atoms with Gasteiger partial charge in [0, 0.05) is 30.4 Å². The van der Waals surface area contributed by atoms with Gasteiger partial charge in [0.25, 0.3) is 0 Å². The third-order valence-electron chi connectivity index (χ3n) is 5.31. The molecule has 3 rings (SSSR count). The van der Waals surface area contributed by atoms with E-state index in [0.29, 0.717) is 11.0 Å². The van der Waals surface area contributed by atoms with Crippen molar-refractivity contribution >= 4 is 5.69 Å². The van der Waals surface area contributed by atoms with Gasteiger partial charge >= 0.3 is 0 Å². The molecule has 1 saturated heterocycles. The van der Waals surface area contributed by atoms with Crippen molar-refractivity contribution in [2.45, 2.75) is 51.5 Å². The highest BCUT2D eigenvalue weighted by Gasteiger charge is 2.37. The molecule has 0 unspecified atom stereocenters. The van der Waals surface area contributed by atoms with Crippen LogP contribution >= 0.6 is 0 Å². The lowest BCUT2D eigenvalue weighted by molar-refractivity contribution is 0.226. The topological polar surface area (TPSA) is 29.3 Å². The second-order valence-electron chi connectivity index (χ2n) is 6.66. The Labute approximate surface area is 121 Å². The molecule has 1 aliphatic heterocycles. The van der Waals surface area contributed by atoms with Gasteiger partial charge in [-0.15, -0.1) is 0 Å². The van der Waals surface area contributed by atoms with Gasteiger partial charge in [-0.25, -0.2) is 4.39 Å². The molecule has 0 radical (unpaired) electrons. The second kappa shape index (κ2) is 5.36. The molecule has 1 heterocycles. The van der Waals surface area contributed by atoms with Gasteiger partial charge in [0.2, 0.25) is 0 Å². The maximum Gasteiger partial charge on any atom is 0.130 e. The van der Waals surface area contributed by atoms with E-state index in [1.54, 1.807) is 6.07 Å². The van der Waals surface area contributed by atoms with Crippen molar-refractivity contribution in [3.8, 4) is 0 Å². The fraction of sp³-hybridized carbons (Fsp3) is 0.647. The summed E-state index contributed by atoms with van der Waals surface area (Å²) >= 11 is 0. The molecule has 1 spiro atoms. The highest BCUT2D eigenvalue weighted by atomic mass is 19.1. The number of hydrogen-bond donors (Lipinski definition) is 1. The smallest absolute Gasteiger partial charge is 0.130 e. The van der Waals surface area contributed by atoms with E-state index in [2.05, 4.69) is 4.90 Å². The molecule has 0 bridgehead atoms. The first-order valence-corrected chi connectivity index (χ1v) is 7.90. The summed E-state index contributed by atoms with van der Waals surface area (Å²) in [7, 11) is 0. The summed E-state index contributed by atoms with van der Waals surface area (Å²) in [5.74, 6) is -0.168. The molecule has 1 aliphatic carbocycles. The lowest BCUT2D eigenvalue weighted by atomic mass is 9.77. The van der Waals surface area contributed by atoms with E-state index in [-0.39, 0.29) is 11.9 Å². The van der Waals surface area contributed by atoms with Crippen molar-refractivity contribution in [3.05, 3.63) is 29.6 Å². The van der Waals surface area contributed by atoms with E-state index in [4.69, 9.17) is 5.73 Å². The van der Waals surface area contributed by atoms with Crippen molar-refractivity contribution < 1.29 is 4.39 Å². The Kier molecular flexibility index (Phi) is 3.72. The van der Waals surface area contributed by atoms with E-state index in [9.17, 15) is 4.39 Å². The van der Waals surface area contributed by atoms with Gasteiger partial charge in [0.1, 0.15) is 5.82 Å². The summed E-state index contributed by atoms with van der Waals surface area (Å²) in [6.45, 7) is 3.96. The van der Waals surface area contributed by atoms with Crippen LogP contribution in [0.25, 0.3) is 0 Å². The minimum absolute atomic E-state index is 0.168. The molecule has 2 aliphatic rings. The molecule has 1 atom stereocenters. The van der Waals surface area contributed by atoms with Gasteiger partial charge in [0.05, 0.1) is 0 Å². The fourth-order valence-corrected chi connectivity index (χ4v) is 4.10. The first kappa shape index (κ1) is 13.9. The molecule has 0 amide bonds. The number of nitrogens with zero attached hydrogens (tertiary/aromatic N) is 1. The van der Waals surface area contributed by atoms with Gasteiger partial charge in [-0.3, -0.25) is 0 Å². The maximum atomic E-state index is 14.0. The predicted molar refractivity (Wildman–Crippen MR) is 81.4 cm³/mol. The fourth-order valence-electron chi connectivity index (χ4n) is 4.10. The summed E-state index contributed by atoms with van der Waals surface area (Å²) in [4.78, 5) is 2.34. The van der Waals surface area contributed by atoms with Crippen LogP contribution in [0.2, 0.25) is 0 Å². The first-order valence-electron chi connectivity index (χ1n) is 7.90. The lowest BCUT2D eigenvalue weighted by Gasteiger charge is -2.41. The highest BCUT2D eigenvalue weighted by Crippen LogP contribution is 2.47. The van der Waals surface area contributed by atoms with Gasteiger partial charge in [-0.1, -0.05) is 18.9 Å². The number of hydrogen-bond acceptors (Lipinski definition) is 2. The molecule has 0 aromatic heterocycles. The van der Waals surface area contributed by atoms with Crippen LogP contribution in [0.5, 0.6) is 0 Å². The highest BCUT2D eigenvalue weighted by molar-refractivity contribution is 5.55. The number of nitrogens with two attached hydrogens (primary N) is 1. The van der Waals surface area contributed by atoms with E-state index < -0.39 is 0 Å². The lowest BCUT2D eigenvalue weighted by Crippen LogP contribution is -2.39. The zero-order valence-electron chi connectivity index (χ0n) is 12.4. The Morgan fingerprint density at radius 3 is 2.40 bits per heavy atom. The first-order chi connectivity index (χ1) is 9.61. The summed E-state index contributed by atoms with van der Waals surface area (Å²) in [5, 5.41) is 0. The van der Waals surface area contributed by atoms with Gasteiger partial charge in [-0.2, -0.15) is 0 Å². The van der Waals surface area contributed by atoms with Crippen molar-refractivity contribution in [3.63, 3.8) is 0 Å². The Morgan fingerprint density at radius 1 is 1.15 bits per heavy atom. The van der Waals surface area contributed by atoms with Crippen LogP contribution in [-0.4, -0.2) is 13.1 Å². The van der Waals surface area contributed by atoms with Gasteiger partial charge in [-0.05, 0) is 50.2 Å². The number of anilines is 1. The molecule has 1 aromatic rings. The van der Waals surface area contributed by atoms with Crippen molar-refractivity contribution in [2.75, 3.05) is 18.0 Å². The van der Waals surface area contributed by atoms with Crippen LogP contribution in [0.3, 0.4) is 0 Å². The van der Waals surface area contributed by atoms with E-state index in [1.807, 2.05) is 13.0 Å². The quantitative estimate of drug-likeness (QED) is 0.884. The van der Waals surface area contributed by atoms with Crippen LogP contribution in [0, 0.1) is 11.2 Å². The molecule has 20 heavy (non-hydrogen) atoms. The molecular formula is C17H25FN2. The average Bonchev–Trinajstić information content (AvgIpc) is 2.87.